The van der Waals surface area contributed by atoms with Crippen LogP contribution >= 0.6 is 15.9 Å². The summed E-state index contributed by atoms with van der Waals surface area (Å²) >= 11 is 3.66. The molecule has 0 spiro atoms. The molecule has 2 aromatic rings. The number of H-pyrrole nitrogens is 1. The lowest BCUT2D eigenvalue weighted by Crippen LogP contribution is -2.04. The summed E-state index contributed by atoms with van der Waals surface area (Å²) in [5.74, 6) is 0.933. The van der Waals surface area contributed by atoms with E-state index in [1.165, 1.54) is 50.0 Å². The van der Waals surface area contributed by atoms with Gasteiger partial charge < -0.3 is 9.72 Å². The fourth-order valence-electron chi connectivity index (χ4n) is 3.19. The van der Waals surface area contributed by atoms with Gasteiger partial charge in [0.2, 0.25) is 0 Å². The third-order valence-corrected chi connectivity index (χ3v) is 4.66. The normalized spacial score (nSPS) is 16.5. The third kappa shape index (κ3) is 2.62. The van der Waals surface area contributed by atoms with Crippen LogP contribution in [0.5, 0.6) is 5.75 Å². The van der Waals surface area contributed by atoms with E-state index in [-0.39, 0.29) is 5.97 Å². The highest BCUT2D eigenvalue weighted by Gasteiger charge is 2.22. The van der Waals surface area contributed by atoms with E-state index >= 15 is 0 Å². The van der Waals surface area contributed by atoms with Gasteiger partial charge in [0.1, 0.15) is 5.75 Å². The molecule has 0 amide bonds. The zero-order chi connectivity index (χ0) is 14.1. The topological polar surface area (TPSA) is 42.1 Å². The molecule has 0 unspecified atom stereocenters. The number of hydrogen-bond acceptors (Lipinski definition) is 2. The predicted molar refractivity (Wildman–Crippen MR) is 83.1 cm³/mol. The Balaban J connectivity index is 2.00. The van der Waals surface area contributed by atoms with Crippen molar-refractivity contribution in [3.05, 3.63) is 28.4 Å². The van der Waals surface area contributed by atoms with Crippen molar-refractivity contribution in [2.45, 2.75) is 44.9 Å². The van der Waals surface area contributed by atoms with Gasteiger partial charge in [0.25, 0.3) is 0 Å². The number of benzene rings is 1. The molecule has 1 aliphatic carbocycles. The number of hydrogen-bond donors (Lipinski definition) is 1. The largest absolute Gasteiger partial charge is 0.427 e. The van der Waals surface area contributed by atoms with Crippen molar-refractivity contribution in [3.8, 4) is 5.75 Å². The van der Waals surface area contributed by atoms with Crippen LogP contribution in [-0.2, 0) is 4.79 Å². The van der Waals surface area contributed by atoms with Crippen LogP contribution in [0.3, 0.4) is 0 Å². The van der Waals surface area contributed by atoms with E-state index < -0.39 is 0 Å². The molecule has 0 radical (unpaired) electrons. The van der Waals surface area contributed by atoms with Gasteiger partial charge in [-0.15, -0.1) is 0 Å². The summed E-state index contributed by atoms with van der Waals surface area (Å²) in [5, 5.41) is 1.24. The Morgan fingerprint density at radius 1 is 1.30 bits per heavy atom. The third-order valence-electron chi connectivity index (χ3n) is 4.04. The van der Waals surface area contributed by atoms with Gasteiger partial charge in [-0.25, -0.2) is 0 Å². The van der Waals surface area contributed by atoms with Crippen molar-refractivity contribution < 1.29 is 9.53 Å². The van der Waals surface area contributed by atoms with Crippen molar-refractivity contribution in [1.82, 2.24) is 4.98 Å². The molecule has 1 aliphatic rings. The Morgan fingerprint density at radius 2 is 2.05 bits per heavy atom. The van der Waals surface area contributed by atoms with Crippen molar-refractivity contribution in [2.75, 3.05) is 0 Å². The second-order valence-electron chi connectivity index (χ2n) is 5.49. The first kappa shape index (κ1) is 13.7. The molecule has 1 aromatic carbocycles. The average Bonchev–Trinajstić information content (AvgIpc) is 2.74. The number of halogens is 1. The standard InChI is InChI=1S/C16H18BrNO2/c1-10(19)20-12-7-8-13-14(9-12)18-16(17)15(13)11-5-3-2-4-6-11/h7-9,11,18H,2-6H2,1H3. The van der Waals surface area contributed by atoms with E-state index in [4.69, 9.17) is 4.74 Å². The summed E-state index contributed by atoms with van der Waals surface area (Å²) in [5.41, 5.74) is 2.41. The second-order valence-corrected chi connectivity index (χ2v) is 6.28. The zero-order valence-electron chi connectivity index (χ0n) is 11.5. The second kappa shape index (κ2) is 5.60. The fraction of sp³-hybridized carbons (Fsp3) is 0.438. The first-order chi connectivity index (χ1) is 9.65. The number of aromatic amines is 1. The molecule has 3 nitrogen and oxygen atoms in total. The number of carbonyl (C=O) groups is 1. The van der Waals surface area contributed by atoms with Crippen molar-refractivity contribution in [3.63, 3.8) is 0 Å². The maximum Gasteiger partial charge on any atom is 0.308 e. The molecule has 3 rings (SSSR count). The molecule has 1 N–H and O–H groups in total. The van der Waals surface area contributed by atoms with Crippen LogP contribution in [-0.4, -0.2) is 11.0 Å². The lowest BCUT2D eigenvalue weighted by atomic mass is 9.84. The Bertz CT molecular complexity index is 641. The van der Waals surface area contributed by atoms with Gasteiger partial charge in [0.15, 0.2) is 0 Å². The van der Waals surface area contributed by atoms with Crippen molar-refractivity contribution in [1.29, 1.82) is 0 Å². The van der Waals surface area contributed by atoms with E-state index in [1.807, 2.05) is 12.1 Å². The summed E-state index contributed by atoms with van der Waals surface area (Å²) < 4.78 is 6.21. The molecular formula is C16H18BrNO2. The SMILES string of the molecule is CC(=O)Oc1ccc2c(C3CCCCC3)c(Br)[nH]c2c1. The highest BCUT2D eigenvalue weighted by Crippen LogP contribution is 2.41. The van der Waals surface area contributed by atoms with Crippen LogP contribution in [0, 0.1) is 0 Å². The molecule has 106 valence electrons. The molecule has 20 heavy (non-hydrogen) atoms. The maximum absolute atomic E-state index is 11.0. The number of fused-ring (bicyclic) bond motifs is 1. The van der Waals surface area contributed by atoms with E-state index in [9.17, 15) is 4.79 Å². The Kier molecular flexibility index (Phi) is 3.83. The van der Waals surface area contributed by atoms with Crippen LogP contribution in [0.15, 0.2) is 22.8 Å². The lowest BCUT2D eigenvalue weighted by Gasteiger charge is -2.21. The van der Waals surface area contributed by atoms with Gasteiger partial charge in [-0.3, -0.25) is 4.79 Å². The molecule has 1 heterocycles. The Hall–Kier alpha value is -1.29. The Morgan fingerprint density at radius 3 is 2.75 bits per heavy atom. The number of ether oxygens (including phenoxy) is 1. The van der Waals surface area contributed by atoms with Crippen LogP contribution in [0.4, 0.5) is 0 Å². The number of rotatable bonds is 2. The van der Waals surface area contributed by atoms with Crippen LogP contribution in [0.2, 0.25) is 0 Å². The number of nitrogens with one attached hydrogen (secondary N) is 1. The summed E-state index contributed by atoms with van der Waals surface area (Å²) in [7, 11) is 0. The molecule has 1 saturated carbocycles. The fourth-order valence-corrected chi connectivity index (χ4v) is 3.94. The van der Waals surface area contributed by atoms with Crippen LogP contribution in [0.25, 0.3) is 10.9 Å². The number of carbonyl (C=O) groups excluding carboxylic acids is 1. The minimum absolute atomic E-state index is 0.289. The highest BCUT2D eigenvalue weighted by molar-refractivity contribution is 9.10. The first-order valence-electron chi connectivity index (χ1n) is 7.14. The zero-order valence-corrected chi connectivity index (χ0v) is 13.1. The molecule has 1 fully saturated rings. The first-order valence-corrected chi connectivity index (χ1v) is 7.94. The van der Waals surface area contributed by atoms with Crippen LogP contribution in [0.1, 0.15) is 50.5 Å². The van der Waals surface area contributed by atoms with Crippen molar-refractivity contribution >= 4 is 32.8 Å². The summed E-state index contributed by atoms with van der Waals surface area (Å²) in [6.07, 6.45) is 6.51. The van der Waals surface area contributed by atoms with Crippen LogP contribution < -0.4 is 4.74 Å². The monoisotopic (exact) mass is 335 g/mol. The summed E-state index contributed by atoms with van der Waals surface area (Å²) in [6, 6.07) is 5.82. The van der Waals surface area contributed by atoms with Gasteiger partial charge >= 0.3 is 5.97 Å². The van der Waals surface area contributed by atoms with E-state index in [0.717, 1.165) is 10.1 Å². The number of aromatic nitrogens is 1. The van der Waals surface area contributed by atoms with Gasteiger partial charge in [-0.1, -0.05) is 19.3 Å². The molecule has 0 aliphatic heterocycles. The minimum atomic E-state index is -0.289. The molecule has 0 saturated heterocycles. The van der Waals surface area contributed by atoms with E-state index in [0.29, 0.717) is 11.7 Å². The van der Waals surface area contributed by atoms with Gasteiger partial charge in [0.05, 0.1) is 10.1 Å². The summed E-state index contributed by atoms with van der Waals surface area (Å²) in [6.45, 7) is 1.42. The average molecular weight is 336 g/mol. The molecule has 4 heteroatoms. The lowest BCUT2D eigenvalue weighted by molar-refractivity contribution is -0.131. The highest BCUT2D eigenvalue weighted by atomic mass is 79.9. The van der Waals surface area contributed by atoms with Gasteiger partial charge in [0, 0.05) is 18.4 Å². The smallest absolute Gasteiger partial charge is 0.308 e. The molecule has 0 atom stereocenters. The minimum Gasteiger partial charge on any atom is -0.427 e. The quantitative estimate of drug-likeness (QED) is 0.626. The summed E-state index contributed by atoms with van der Waals surface area (Å²) in [4.78, 5) is 14.4. The number of esters is 1. The van der Waals surface area contributed by atoms with Crippen molar-refractivity contribution in [2.24, 2.45) is 0 Å². The maximum atomic E-state index is 11.0. The van der Waals surface area contributed by atoms with E-state index in [1.54, 1.807) is 0 Å². The van der Waals surface area contributed by atoms with Gasteiger partial charge in [-0.05, 0) is 52.4 Å². The predicted octanol–water partition coefficient (Wildman–Crippen LogP) is 4.90. The van der Waals surface area contributed by atoms with E-state index in [2.05, 4.69) is 27.0 Å². The molecule has 0 bridgehead atoms. The van der Waals surface area contributed by atoms with Gasteiger partial charge in [-0.2, -0.15) is 0 Å². The molecular weight excluding hydrogens is 318 g/mol. The molecule has 1 aromatic heterocycles. The Labute approximate surface area is 126 Å².